The summed E-state index contributed by atoms with van der Waals surface area (Å²) in [4.78, 5) is 0. The van der Waals surface area contributed by atoms with Crippen molar-refractivity contribution in [3.63, 3.8) is 0 Å². The first kappa shape index (κ1) is 11.5. The number of terminal acetylenes is 1. The van der Waals surface area contributed by atoms with E-state index in [1.807, 2.05) is 13.8 Å². The van der Waals surface area contributed by atoms with Crippen molar-refractivity contribution in [1.82, 2.24) is 0 Å². The van der Waals surface area contributed by atoms with Crippen LogP contribution in [0.4, 0.5) is 8.78 Å². The molecule has 0 aliphatic heterocycles. The molecule has 0 amide bonds. The Morgan fingerprint density at radius 1 is 1.36 bits per heavy atom. The van der Waals surface area contributed by atoms with Gasteiger partial charge < -0.3 is 0 Å². The third-order valence-corrected chi connectivity index (χ3v) is 3.03. The third kappa shape index (κ3) is 3.29. The van der Waals surface area contributed by atoms with Gasteiger partial charge in [-0.3, -0.25) is 0 Å². The second-order valence-corrected chi connectivity index (χ2v) is 5.03. The fourth-order valence-corrected chi connectivity index (χ4v) is 2.08. The lowest BCUT2D eigenvalue weighted by molar-refractivity contribution is -0.0486. The number of hydrogen-bond acceptors (Lipinski definition) is 0. The standard InChI is InChI=1S/C12H18F2/c1-4-11(2,3)9-10-5-7-12(13,14)8-6-10/h1,10H,5-9H2,2-3H3. The monoisotopic (exact) mass is 200 g/mol. The zero-order valence-electron chi connectivity index (χ0n) is 8.95. The van der Waals surface area contributed by atoms with Gasteiger partial charge in [-0.25, -0.2) is 8.78 Å². The molecule has 0 bridgehead atoms. The van der Waals surface area contributed by atoms with E-state index in [2.05, 4.69) is 5.92 Å². The minimum absolute atomic E-state index is 0.0400. The fourth-order valence-electron chi connectivity index (χ4n) is 2.08. The lowest BCUT2D eigenvalue weighted by atomic mass is 9.76. The first-order valence-electron chi connectivity index (χ1n) is 5.20. The highest BCUT2D eigenvalue weighted by Crippen LogP contribution is 2.40. The molecule has 0 nitrogen and oxygen atoms in total. The van der Waals surface area contributed by atoms with Crippen molar-refractivity contribution in [2.75, 3.05) is 0 Å². The van der Waals surface area contributed by atoms with E-state index >= 15 is 0 Å². The molecule has 0 N–H and O–H groups in total. The molecule has 1 rings (SSSR count). The van der Waals surface area contributed by atoms with Crippen molar-refractivity contribution in [3.8, 4) is 12.3 Å². The van der Waals surface area contributed by atoms with E-state index in [1.54, 1.807) is 0 Å². The summed E-state index contributed by atoms with van der Waals surface area (Å²) in [6.07, 6.45) is 7.58. The molecular formula is C12H18F2. The van der Waals surface area contributed by atoms with Crippen LogP contribution in [-0.2, 0) is 0 Å². The van der Waals surface area contributed by atoms with Crippen LogP contribution in [0.15, 0.2) is 0 Å². The van der Waals surface area contributed by atoms with Crippen LogP contribution in [0.5, 0.6) is 0 Å². The molecule has 1 aliphatic rings. The van der Waals surface area contributed by atoms with Crippen LogP contribution in [0.2, 0.25) is 0 Å². The molecule has 14 heavy (non-hydrogen) atoms. The average Bonchev–Trinajstić information content (AvgIpc) is 2.09. The van der Waals surface area contributed by atoms with Crippen LogP contribution in [0.1, 0.15) is 46.0 Å². The van der Waals surface area contributed by atoms with Gasteiger partial charge >= 0.3 is 0 Å². The molecule has 0 aromatic rings. The zero-order chi connectivity index (χ0) is 10.8. The second-order valence-electron chi connectivity index (χ2n) is 5.03. The molecule has 2 heteroatoms. The van der Waals surface area contributed by atoms with Crippen molar-refractivity contribution in [1.29, 1.82) is 0 Å². The Morgan fingerprint density at radius 2 is 1.86 bits per heavy atom. The van der Waals surface area contributed by atoms with Crippen molar-refractivity contribution in [3.05, 3.63) is 0 Å². The topological polar surface area (TPSA) is 0 Å². The van der Waals surface area contributed by atoms with Gasteiger partial charge in [0.1, 0.15) is 0 Å². The van der Waals surface area contributed by atoms with E-state index in [-0.39, 0.29) is 18.3 Å². The van der Waals surface area contributed by atoms with Gasteiger partial charge in [0.15, 0.2) is 0 Å². The van der Waals surface area contributed by atoms with Crippen LogP contribution < -0.4 is 0 Å². The van der Waals surface area contributed by atoms with Crippen LogP contribution >= 0.6 is 0 Å². The molecule has 0 heterocycles. The van der Waals surface area contributed by atoms with Crippen LogP contribution in [0.3, 0.4) is 0 Å². The highest BCUT2D eigenvalue weighted by molar-refractivity contribution is 5.01. The maximum atomic E-state index is 12.9. The van der Waals surface area contributed by atoms with Gasteiger partial charge in [0.25, 0.3) is 0 Å². The second kappa shape index (κ2) is 3.88. The van der Waals surface area contributed by atoms with Gasteiger partial charge in [-0.15, -0.1) is 12.3 Å². The first-order valence-corrected chi connectivity index (χ1v) is 5.20. The largest absolute Gasteiger partial charge is 0.248 e. The summed E-state index contributed by atoms with van der Waals surface area (Å²) in [5.41, 5.74) is -0.142. The Balaban J connectivity index is 2.41. The first-order chi connectivity index (χ1) is 6.35. The zero-order valence-corrected chi connectivity index (χ0v) is 8.95. The summed E-state index contributed by atoms with van der Waals surface area (Å²) in [5, 5.41) is 0. The number of halogens is 2. The van der Waals surface area contributed by atoms with E-state index in [9.17, 15) is 8.78 Å². The molecule has 80 valence electrons. The highest BCUT2D eigenvalue weighted by Gasteiger charge is 2.36. The van der Waals surface area contributed by atoms with E-state index in [4.69, 9.17) is 6.42 Å². The highest BCUT2D eigenvalue weighted by atomic mass is 19.3. The summed E-state index contributed by atoms with van der Waals surface area (Å²) in [6.45, 7) is 4.00. The van der Waals surface area contributed by atoms with Crippen molar-refractivity contribution in [2.24, 2.45) is 11.3 Å². The van der Waals surface area contributed by atoms with E-state index < -0.39 is 5.92 Å². The van der Waals surface area contributed by atoms with Gasteiger partial charge in [-0.1, -0.05) is 0 Å². The molecule has 1 saturated carbocycles. The predicted molar refractivity (Wildman–Crippen MR) is 54.1 cm³/mol. The maximum absolute atomic E-state index is 12.9. The lowest BCUT2D eigenvalue weighted by Gasteiger charge is -2.31. The van der Waals surface area contributed by atoms with Gasteiger partial charge in [-0.2, -0.15) is 0 Å². The maximum Gasteiger partial charge on any atom is 0.248 e. The summed E-state index contributed by atoms with van der Waals surface area (Å²) >= 11 is 0. The Kier molecular flexibility index (Phi) is 3.19. The number of alkyl halides is 2. The molecule has 0 aromatic heterocycles. The molecule has 0 spiro atoms. The van der Waals surface area contributed by atoms with Crippen LogP contribution in [0.25, 0.3) is 0 Å². The molecule has 0 aromatic carbocycles. The van der Waals surface area contributed by atoms with Gasteiger partial charge in [0.05, 0.1) is 0 Å². The Bertz CT molecular complexity index is 225. The van der Waals surface area contributed by atoms with Gasteiger partial charge in [0, 0.05) is 18.3 Å². The van der Waals surface area contributed by atoms with E-state index in [1.165, 1.54) is 0 Å². The molecular weight excluding hydrogens is 182 g/mol. The SMILES string of the molecule is C#CC(C)(C)CC1CCC(F)(F)CC1. The molecule has 1 fully saturated rings. The molecule has 0 radical (unpaired) electrons. The minimum atomic E-state index is -2.42. The Morgan fingerprint density at radius 3 is 2.29 bits per heavy atom. The Hall–Kier alpha value is -0.580. The van der Waals surface area contributed by atoms with Crippen molar-refractivity contribution >= 4 is 0 Å². The summed E-state index contributed by atoms with van der Waals surface area (Å²) in [5.74, 6) is 0.691. The van der Waals surface area contributed by atoms with Gasteiger partial charge in [0.2, 0.25) is 5.92 Å². The van der Waals surface area contributed by atoms with Crippen LogP contribution in [-0.4, -0.2) is 5.92 Å². The molecule has 0 unspecified atom stereocenters. The minimum Gasteiger partial charge on any atom is -0.207 e. The normalized spacial score (nSPS) is 23.1. The summed E-state index contributed by atoms with van der Waals surface area (Å²) in [7, 11) is 0. The third-order valence-electron chi connectivity index (χ3n) is 3.03. The number of rotatable bonds is 2. The number of hydrogen-bond donors (Lipinski definition) is 0. The molecule has 0 atom stereocenters. The molecule has 1 aliphatic carbocycles. The lowest BCUT2D eigenvalue weighted by Crippen LogP contribution is -2.27. The fraction of sp³-hybridized carbons (Fsp3) is 0.833. The van der Waals surface area contributed by atoms with Crippen molar-refractivity contribution < 1.29 is 8.78 Å². The summed E-state index contributed by atoms with van der Waals surface area (Å²) < 4.78 is 25.7. The smallest absolute Gasteiger partial charge is 0.207 e. The van der Waals surface area contributed by atoms with Gasteiger partial charge in [-0.05, 0) is 39.0 Å². The van der Waals surface area contributed by atoms with E-state index in [0.29, 0.717) is 18.8 Å². The predicted octanol–water partition coefficient (Wildman–Crippen LogP) is 3.86. The Labute approximate surface area is 85.1 Å². The average molecular weight is 200 g/mol. The van der Waals surface area contributed by atoms with Crippen molar-refractivity contribution in [2.45, 2.75) is 51.9 Å². The molecule has 0 saturated heterocycles. The summed E-state index contributed by atoms with van der Waals surface area (Å²) in [6, 6.07) is 0. The van der Waals surface area contributed by atoms with E-state index in [0.717, 1.165) is 6.42 Å². The quantitative estimate of drug-likeness (QED) is 0.594. The van der Waals surface area contributed by atoms with Crippen LogP contribution in [0, 0.1) is 23.7 Å².